The Hall–Kier alpha value is -3.43. The van der Waals surface area contributed by atoms with Gasteiger partial charge in [-0.05, 0) is 54.7 Å². The molecule has 37 heavy (non-hydrogen) atoms. The van der Waals surface area contributed by atoms with Gasteiger partial charge in [0.1, 0.15) is 0 Å². The minimum Gasteiger partial charge on any atom is -0.378 e. The van der Waals surface area contributed by atoms with Gasteiger partial charge >= 0.3 is 6.03 Å². The minimum atomic E-state index is -0.581. The summed E-state index contributed by atoms with van der Waals surface area (Å²) in [4.78, 5) is 44.2. The lowest BCUT2D eigenvalue weighted by Crippen LogP contribution is -2.62. The van der Waals surface area contributed by atoms with Crippen LogP contribution in [-0.4, -0.2) is 71.7 Å². The molecule has 2 aromatic rings. The van der Waals surface area contributed by atoms with Crippen molar-refractivity contribution in [2.75, 3.05) is 37.7 Å². The van der Waals surface area contributed by atoms with Gasteiger partial charge in [-0.2, -0.15) is 0 Å². The number of urea groups is 1. The van der Waals surface area contributed by atoms with Crippen molar-refractivity contribution >= 4 is 23.5 Å². The number of carbonyl (C=O) groups is 3. The maximum atomic E-state index is 13.6. The van der Waals surface area contributed by atoms with Crippen LogP contribution in [0.25, 0.3) is 0 Å². The second-order valence-electron chi connectivity index (χ2n) is 10.0. The lowest BCUT2D eigenvalue weighted by atomic mass is 9.81. The smallest absolute Gasteiger partial charge is 0.327 e. The standard InChI is InChI=1S/C28H34N4O5/c33-26(29-36)22-9-5-21(6-10-22)19-32-25-4-2-1-3-24(25)27(34)31(28(32)35)14-13-20-7-11-23(12-8-20)30-15-17-37-18-16-30/h5-12,24-25,36H,1-4,13-19H2,(H,29,33). The van der Waals surface area contributed by atoms with Gasteiger partial charge in [-0.25, -0.2) is 10.3 Å². The van der Waals surface area contributed by atoms with Crippen molar-refractivity contribution < 1.29 is 24.3 Å². The molecule has 1 saturated carbocycles. The fourth-order valence-electron chi connectivity index (χ4n) is 5.71. The quantitative estimate of drug-likeness (QED) is 0.442. The number of hydroxylamine groups is 1. The summed E-state index contributed by atoms with van der Waals surface area (Å²) >= 11 is 0. The van der Waals surface area contributed by atoms with E-state index < -0.39 is 5.91 Å². The minimum absolute atomic E-state index is 0.0501. The molecule has 5 rings (SSSR count). The SMILES string of the molecule is O=C(NO)c1ccc(CN2C(=O)N(CCc3ccc(N4CCOCC4)cc3)C(=O)C3CCCCC32)cc1. The average molecular weight is 507 g/mol. The van der Waals surface area contributed by atoms with Crippen LogP contribution < -0.4 is 10.4 Å². The monoisotopic (exact) mass is 506 g/mol. The van der Waals surface area contributed by atoms with E-state index in [1.807, 2.05) is 4.90 Å². The van der Waals surface area contributed by atoms with E-state index in [0.717, 1.165) is 68.8 Å². The summed E-state index contributed by atoms with van der Waals surface area (Å²) in [5.74, 6) is -0.803. The van der Waals surface area contributed by atoms with Crippen molar-refractivity contribution in [3.8, 4) is 0 Å². The summed E-state index contributed by atoms with van der Waals surface area (Å²) < 4.78 is 5.43. The molecule has 9 nitrogen and oxygen atoms in total. The summed E-state index contributed by atoms with van der Waals surface area (Å²) in [5.41, 5.74) is 5.09. The number of amides is 4. The number of rotatable bonds is 7. The molecule has 0 bridgehead atoms. The topological polar surface area (TPSA) is 102 Å². The number of benzene rings is 2. The number of morpholine rings is 1. The molecule has 2 saturated heterocycles. The normalized spacial score (nSPS) is 22.1. The maximum Gasteiger partial charge on any atom is 0.327 e. The van der Waals surface area contributed by atoms with Gasteiger partial charge in [-0.3, -0.25) is 19.7 Å². The van der Waals surface area contributed by atoms with Crippen LogP contribution in [0.4, 0.5) is 10.5 Å². The van der Waals surface area contributed by atoms with Gasteiger partial charge < -0.3 is 14.5 Å². The molecular formula is C28H34N4O5. The summed E-state index contributed by atoms with van der Waals surface area (Å²) in [6.07, 6.45) is 4.23. The van der Waals surface area contributed by atoms with E-state index in [4.69, 9.17) is 9.94 Å². The molecule has 2 N–H and O–H groups in total. The number of ether oxygens (including phenoxy) is 1. The highest BCUT2D eigenvalue weighted by atomic mass is 16.5. The zero-order chi connectivity index (χ0) is 25.8. The fraction of sp³-hybridized carbons (Fsp3) is 0.464. The Balaban J connectivity index is 1.28. The van der Waals surface area contributed by atoms with Crippen molar-refractivity contribution in [1.82, 2.24) is 15.3 Å². The summed E-state index contributed by atoms with van der Waals surface area (Å²) in [6.45, 7) is 3.96. The predicted molar refractivity (Wildman–Crippen MR) is 137 cm³/mol. The highest BCUT2D eigenvalue weighted by Gasteiger charge is 2.46. The maximum absolute atomic E-state index is 13.6. The first-order valence-corrected chi connectivity index (χ1v) is 13.1. The third-order valence-electron chi connectivity index (χ3n) is 7.80. The molecule has 196 valence electrons. The molecule has 3 fully saturated rings. The number of carbonyl (C=O) groups excluding carboxylic acids is 3. The summed E-state index contributed by atoms with van der Waals surface area (Å²) in [7, 11) is 0. The first kappa shape index (κ1) is 25.2. The number of imide groups is 1. The lowest BCUT2D eigenvalue weighted by Gasteiger charge is -2.47. The van der Waals surface area contributed by atoms with Crippen LogP contribution in [0.15, 0.2) is 48.5 Å². The number of hydrogen-bond acceptors (Lipinski definition) is 6. The van der Waals surface area contributed by atoms with E-state index in [2.05, 4.69) is 29.2 Å². The largest absolute Gasteiger partial charge is 0.378 e. The second kappa shape index (κ2) is 11.3. The molecule has 2 heterocycles. The van der Waals surface area contributed by atoms with E-state index in [-0.39, 0.29) is 23.9 Å². The number of fused-ring (bicyclic) bond motifs is 1. The highest BCUT2D eigenvalue weighted by Crippen LogP contribution is 2.35. The third-order valence-corrected chi connectivity index (χ3v) is 7.80. The Morgan fingerprint density at radius 2 is 1.62 bits per heavy atom. The zero-order valence-electron chi connectivity index (χ0n) is 21.0. The van der Waals surface area contributed by atoms with E-state index in [1.54, 1.807) is 29.7 Å². The zero-order valence-corrected chi connectivity index (χ0v) is 21.0. The van der Waals surface area contributed by atoms with Crippen LogP contribution >= 0.6 is 0 Å². The van der Waals surface area contributed by atoms with Crippen LogP contribution in [0, 0.1) is 5.92 Å². The lowest BCUT2D eigenvalue weighted by molar-refractivity contribution is -0.140. The fourth-order valence-corrected chi connectivity index (χ4v) is 5.71. The van der Waals surface area contributed by atoms with Crippen molar-refractivity contribution in [1.29, 1.82) is 0 Å². The van der Waals surface area contributed by atoms with Gasteiger partial charge in [0.15, 0.2) is 0 Å². The van der Waals surface area contributed by atoms with Gasteiger partial charge in [0.25, 0.3) is 5.91 Å². The molecule has 2 aromatic carbocycles. The second-order valence-corrected chi connectivity index (χ2v) is 10.0. The first-order chi connectivity index (χ1) is 18.0. The predicted octanol–water partition coefficient (Wildman–Crippen LogP) is 3.21. The van der Waals surface area contributed by atoms with Gasteiger partial charge in [-0.1, -0.05) is 37.1 Å². The van der Waals surface area contributed by atoms with Gasteiger partial charge in [0.2, 0.25) is 5.91 Å². The van der Waals surface area contributed by atoms with Crippen molar-refractivity contribution in [3.63, 3.8) is 0 Å². The molecule has 4 amide bonds. The Morgan fingerprint density at radius 1 is 0.946 bits per heavy atom. The molecule has 0 aromatic heterocycles. The molecule has 2 aliphatic heterocycles. The molecule has 9 heteroatoms. The van der Waals surface area contributed by atoms with E-state index >= 15 is 0 Å². The van der Waals surface area contributed by atoms with E-state index in [9.17, 15) is 14.4 Å². The van der Waals surface area contributed by atoms with Gasteiger partial charge in [-0.15, -0.1) is 0 Å². The van der Waals surface area contributed by atoms with Gasteiger partial charge in [0.05, 0.1) is 19.1 Å². The van der Waals surface area contributed by atoms with Crippen LogP contribution in [0.2, 0.25) is 0 Å². The van der Waals surface area contributed by atoms with Crippen molar-refractivity contribution in [2.45, 2.75) is 44.7 Å². The third kappa shape index (κ3) is 5.47. The van der Waals surface area contributed by atoms with Crippen LogP contribution in [0.5, 0.6) is 0 Å². The Bertz CT molecular complexity index is 1110. The molecule has 0 radical (unpaired) electrons. The van der Waals surface area contributed by atoms with E-state index in [0.29, 0.717) is 25.1 Å². The number of hydrogen-bond donors (Lipinski definition) is 2. The van der Waals surface area contributed by atoms with Crippen molar-refractivity contribution in [2.24, 2.45) is 5.92 Å². The number of nitrogens with zero attached hydrogens (tertiary/aromatic N) is 3. The van der Waals surface area contributed by atoms with E-state index in [1.165, 1.54) is 4.90 Å². The number of anilines is 1. The Morgan fingerprint density at radius 3 is 2.32 bits per heavy atom. The molecule has 3 aliphatic rings. The molecule has 2 atom stereocenters. The summed E-state index contributed by atoms with van der Waals surface area (Å²) in [5, 5.41) is 8.85. The van der Waals surface area contributed by atoms with Crippen LogP contribution in [0.1, 0.15) is 47.2 Å². The Labute approximate surface area is 216 Å². The first-order valence-electron chi connectivity index (χ1n) is 13.1. The van der Waals surface area contributed by atoms with Crippen molar-refractivity contribution in [3.05, 3.63) is 65.2 Å². The Kier molecular flexibility index (Phi) is 7.71. The number of nitrogens with one attached hydrogen (secondary N) is 1. The summed E-state index contributed by atoms with van der Waals surface area (Å²) in [6, 6.07) is 14.8. The molecule has 1 aliphatic carbocycles. The van der Waals surface area contributed by atoms with Gasteiger partial charge in [0, 0.05) is 43.5 Å². The highest BCUT2D eigenvalue weighted by molar-refractivity contribution is 5.99. The van der Waals surface area contributed by atoms with Crippen LogP contribution in [0.3, 0.4) is 0 Å². The van der Waals surface area contributed by atoms with Crippen LogP contribution in [-0.2, 0) is 22.5 Å². The molecule has 2 unspecified atom stereocenters. The molecule has 0 spiro atoms. The molecular weight excluding hydrogens is 472 g/mol. The average Bonchev–Trinajstić information content (AvgIpc) is 2.96.